The zero-order chi connectivity index (χ0) is 13.8. The topological polar surface area (TPSA) is 38.5 Å². The van der Waals surface area contributed by atoms with Crippen molar-refractivity contribution in [2.45, 2.75) is 31.8 Å². The monoisotopic (exact) mass is 266 g/mol. The molecule has 2 rings (SSSR count). The molecule has 1 aliphatic rings. The van der Waals surface area contributed by atoms with Crippen LogP contribution in [0.15, 0.2) is 18.2 Å². The van der Waals surface area contributed by atoms with Crippen LogP contribution < -0.4 is 10.5 Å². The Morgan fingerprint density at radius 3 is 2.79 bits per heavy atom. The summed E-state index contributed by atoms with van der Waals surface area (Å²) in [5.41, 5.74) is 7.04. The van der Waals surface area contributed by atoms with Crippen molar-refractivity contribution < 1.29 is 9.13 Å². The number of ether oxygens (including phenoxy) is 1. The molecule has 0 aliphatic heterocycles. The van der Waals surface area contributed by atoms with E-state index in [0.29, 0.717) is 17.7 Å². The first-order valence-corrected chi connectivity index (χ1v) is 6.86. The largest absolute Gasteiger partial charge is 0.494 e. The summed E-state index contributed by atoms with van der Waals surface area (Å²) < 4.78 is 18.5. The van der Waals surface area contributed by atoms with Gasteiger partial charge in [0.15, 0.2) is 11.6 Å². The fourth-order valence-electron chi connectivity index (χ4n) is 2.88. The van der Waals surface area contributed by atoms with Gasteiger partial charge in [-0.05, 0) is 43.5 Å². The van der Waals surface area contributed by atoms with Crippen LogP contribution in [0.1, 0.15) is 24.8 Å². The lowest BCUT2D eigenvalue weighted by atomic mass is 10.0. The van der Waals surface area contributed by atoms with Gasteiger partial charge in [-0.3, -0.25) is 0 Å². The Morgan fingerprint density at radius 2 is 2.21 bits per heavy atom. The van der Waals surface area contributed by atoms with Crippen molar-refractivity contribution >= 4 is 0 Å². The Bertz CT molecular complexity index is 425. The van der Waals surface area contributed by atoms with Crippen LogP contribution in [0.25, 0.3) is 0 Å². The highest BCUT2D eigenvalue weighted by molar-refractivity contribution is 5.29. The van der Waals surface area contributed by atoms with Gasteiger partial charge in [-0.25, -0.2) is 4.39 Å². The third-order valence-electron chi connectivity index (χ3n) is 3.93. The van der Waals surface area contributed by atoms with Crippen LogP contribution in [0, 0.1) is 11.7 Å². The summed E-state index contributed by atoms with van der Waals surface area (Å²) in [4.78, 5) is 2.22. The lowest BCUT2D eigenvalue weighted by Gasteiger charge is -2.23. The van der Waals surface area contributed by atoms with Crippen LogP contribution in [-0.4, -0.2) is 31.6 Å². The van der Waals surface area contributed by atoms with E-state index in [1.54, 1.807) is 12.1 Å². The van der Waals surface area contributed by atoms with E-state index in [-0.39, 0.29) is 5.82 Å². The smallest absolute Gasteiger partial charge is 0.165 e. The fraction of sp³-hybridized carbons (Fsp3) is 0.600. The molecule has 1 aromatic carbocycles. The Kier molecular flexibility index (Phi) is 4.77. The first-order valence-electron chi connectivity index (χ1n) is 6.86. The number of rotatable bonds is 5. The van der Waals surface area contributed by atoms with E-state index in [0.717, 1.165) is 25.1 Å². The number of halogens is 1. The van der Waals surface area contributed by atoms with Gasteiger partial charge < -0.3 is 15.4 Å². The summed E-state index contributed by atoms with van der Waals surface area (Å²) in [7, 11) is 3.54. The molecule has 1 fully saturated rings. The van der Waals surface area contributed by atoms with Gasteiger partial charge in [-0.1, -0.05) is 12.5 Å². The minimum Gasteiger partial charge on any atom is -0.494 e. The van der Waals surface area contributed by atoms with Crippen LogP contribution in [0.3, 0.4) is 0 Å². The normalized spacial score (nSPS) is 23.0. The van der Waals surface area contributed by atoms with Crippen LogP contribution in [0.2, 0.25) is 0 Å². The maximum absolute atomic E-state index is 13.6. The predicted octanol–water partition coefficient (Wildman–Crippen LogP) is 2.39. The average Bonchev–Trinajstić information content (AvgIpc) is 2.75. The summed E-state index contributed by atoms with van der Waals surface area (Å²) in [6.45, 7) is 1.72. The average molecular weight is 266 g/mol. The lowest BCUT2D eigenvalue weighted by molar-refractivity contribution is 0.258. The molecule has 4 heteroatoms. The second-order valence-corrected chi connectivity index (χ2v) is 5.52. The molecule has 0 bridgehead atoms. The van der Waals surface area contributed by atoms with E-state index in [2.05, 4.69) is 11.9 Å². The van der Waals surface area contributed by atoms with Gasteiger partial charge in [-0.15, -0.1) is 0 Å². The first-order chi connectivity index (χ1) is 9.10. The van der Waals surface area contributed by atoms with Crippen LogP contribution in [-0.2, 0) is 6.54 Å². The van der Waals surface area contributed by atoms with Crippen molar-refractivity contribution in [2.75, 3.05) is 20.7 Å². The Labute approximate surface area is 114 Å². The zero-order valence-electron chi connectivity index (χ0n) is 11.7. The second kappa shape index (κ2) is 6.35. The molecular weight excluding hydrogens is 243 g/mol. The molecule has 1 saturated carbocycles. The summed E-state index contributed by atoms with van der Waals surface area (Å²) in [5, 5.41) is 0. The number of hydrogen-bond donors (Lipinski definition) is 1. The van der Waals surface area contributed by atoms with Gasteiger partial charge in [0, 0.05) is 19.1 Å². The van der Waals surface area contributed by atoms with Gasteiger partial charge in [0.25, 0.3) is 0 Å². The summed E-state index contributed by atoms with van der Waals surface area (Å²) >= 11 is 0. The molecule has 2 N–H and O–H groups in total. The standard InChI is InChI=1S/C15H23FN2O/c1-18(10-12-4-3-5-14(12)17)9-11-6-7-15(19-2)13(16)8-11/h6-8,12,14H,3-5,9-10,17H2,1-2H3. The number of methoxy groups -OCH3 is 1. The van der Waals surface area contributed by atoms with E-state index in [4.69, 9.17) is 10.5 Å². The molecule has 2 atom stereocenters. The van der Waals surface area contributed by atoms with Crippen LogP contribution in [0.5, 0.6) is 5.75 Å². The summed E-state index contributed by atoms with van der Waals surface area (Å²) in [6.07, 6.45) is 3.58. The highest BCUT2D eigenvalue weighted by Gasteiger charge is 2.24. The number of hydrogen-bond acceptors (Lipinski definition) is 3. The first kappa shape index (κ1) is 14.3. The summed E-state index contributed by atoms with van der Waals surface area (Å²) in [6, 6.07) is 5.46. The fourth-order valence-corrected chi connectivity index (χ4v) is 2.88. The number of nitrogens with zero attached hydrogens (tertiary/aromatic N) is 1. The highest BCUT2D eigenvalue weighted by Crippen LogP contribution is 2.25. The molecule has 19 heavy (non-hydrogen) atoms. The van der Waals surface area contributed by atoms with E-state index in [1.807, 2.05) is 6.07 Å². The van der Waals surface area contributed by atoms with Gasteiger partial charge in [0.1, 0.15) is 0 Å². The maximum Gasteiger partial charge on any atom is 0.165 e. The van der Waals surface area contributed by atoms with E-state index >= 15 is 0 Å². The SMILES string of the molecule is COc1ccc(CN(C)CC2CCCC2N)cc1F. The molecule has 0 saturated heterocycles. The number of nitrogens with two attached hydrogens (primary N) is 1. The van der Waals surface area contributed by atoms with Crippen LogP contribution in [0.4, 0.5) is 4.39 Å². The van der Waals surface area contributed by atoms with Gasteiger partial charge in [-0.2, -0.15) is 0 Å². The minimum atomic E-state index is -0.300. The van der Waals surface area contributed by atoms with Crippen molar-refractivity contribution in [1.29, 1.82) is 0 Å². The molecule has 0 amide bonds. The highest BCUT2D eigenvalue weighted by atomic mass is 19.1. The molecule has 0 aromatic heterocycles. The second-order valence-electron chi connectivity index (χ2n) is 5.52. The van der Waals surface area contributed by atoms with Crippen molar-refractivity contribution in [1.82, 2.24) is 4.90 Å². The Hall–Kier alpha value is -1.13. The molecule has 1 aliphatic carbocycles. The van der Waals surface area contributed by atoms with Crippen molar-refractivity contribution in [2.24, 2.45) is 11.7 Å². The third kappa shape index (κ3) is 3.67. The quantitative estimate of drug-likeness (QED) is 0.889. The molecule has 0 heterocycles. The third-order valence-corrected chi connectivity index (χ3v) is 3.93. The molecule has 3 nitrogen and oxygen atoms in total. The van der Waals surface area contributed by atoms with E-state index in [9.17, 15) is 4.39 Å². The zero-order valence-corrected chi connectivity index (χ0v) is 11.7. The van der Waals surface area contributed by atoms with Gasteiger partial charge >= 0.3 is 0 Å². The molecule has 2 unspecified atom stereocenters. The predicted molar refractivity (Wildman–Crippen MR) is 74.6 cm³/mol. The maximum atomic E-state index is 13.6. The van der Waals surface area contributed by atoms with Crippen molar-refractivity contribution in [3.8, 4) is 5.75 Å². The van der Waals surface area contributed by atoms with E-state index in [1.165, 1.54) is 20.0 Å². The Morgan fingerprint density at radius 1 is 1.42 bits per heavy atom. The molecular formula is C15H23FN2O. The lowest BCUT2D eigenvalue weighted by Crippen LogP contribution is -2.34. The molecule has 106 valence electrons. The number of benzene rings is 1. The molecule has 0 radical (unpaired) electrons. The Balaban J connectivity index is 1.91. The summed E-state index contributed by atoms with van der Waals surface area (Å²) in [5.74, 6) is 0.572. The minimum absolute atomic E-state index is 0.296. The molecule has 1 aromatic rings. The van der Waals surface area contributed by atoms with Crippen LogP contribution >= 0.6 is 0 Å². The molecule has 0 spiro atoms. The van der Waals surface area contributed by atoms with Gasteiger partial charge in [0.05, 0.1) is 7.11 Å². The van der Waals surface area contributed by atoms with E-state index < -0.39 is 0 Å². The van der Waals surface area contributed by atoms with Gasteiger partial charge in [0.2, 0.25) is 0 Å². The van der Waals surface area contributed by atoms with Crippen molar-refractivity contribution in [3.05, 3.63) is 29.6 Å². The van der Waals surface area contributed by atoms with Crippen molar-refractivity contribution in [3.63, 3.8) is 0 Å².